The fourth-order valence-corrected chi connectivity index (χ4v) is 3.50. The second-order valence-electron chi connectivity index (χ2n) is 6.48. The number of amides is 1. The normalized spacial score (nSPS) is 16.4. The Morgan fingerprint density at radius 1 is 1.28 bits per heavy atom. The standard InChI is InChI=1S/C20H21N3O2/c1-23-19-8-4-7-18(17(19)12-21-23)22-20(24)13-25-16-10-9-14-5-2-3-6-15(14)11-16/h2-3,5-6,9-12,18H,4,7-8,13H2,1H3,(H,22,24). The topological polar surface area (TPSA) is 56.2 Å². The third-order valence-corrected chi connectivity index (χ3v) is 4.80. The van der Waals surface area contributed by atoms with Crippen LogP contribution >= 0.6 is 0 Å². The molecule has 1 aliphatic rings. The summed E-state index contributed by atoms with van der Waals surface area (Å²) in [6.45, 7) is 0.0183. The number of hydrogen-bond acceptors (Lipinski definition) is 3. The monoisotopic (exact) mass is 335 g/mol. The zero-order valence-corrected chi connectivity index (χ0v) is 14.2. The Hall–Kier alpha value is -2.82. The first-order chi connectivity index (χ1) is 12.2. The number of benzene rings is 2. The number of nitrogens with zero attached hydrogens (tertiary/aromatic N) is 2. The van der Waals surface area contributed by atoms with Crippen LogP contribution in [-0.4, -0.2) is 22.3 Å². The van der Waals surface area contributed by atoms with Crippen LogP contribution in [0.25, 0.3) is 10.8 Å². The summed E-state index contributed by atoms with van der Waals surface area (Å²) in [7, 11) is 1.95. The van der Waals surface area contributed by atoms with E-state index in [1.54, 1.807) is 0 Å². The molecule has 128 valence electrons. The Morgan fingerprint density at radius 2 is 2.12 bits per heavy atom. The van der Waals surface area contributed by atoms with Gasteiger partial charge in [0.2, 0.25) is 0 Å². The van der Waals surface area contributed by atoms with Gasteiger partial charge in [-0.3, -0.25) is 9.48 Å². The van der Waals surface area contributed by atoms with Crippen LogP contribution in [0.15, 0.2) is 48.7 Å². The number of aryl methyl sites for hydroxylation is 1. The van der Waals surface area contributed by atoms with Gasteiger partial charge in [-0.2, -0.15) is 5.10 Å². The molecular formula is C20H21N3O2. The van der Waals surface area contributed by atoms with Gasteiger partial charge in [-0.25, -0.2) is 0 Å². The minimum Gasteiger partial charge on any atom is -0.484 e. The molecule has 0 bridgehead atoms. The molecule has 2 aromatic carbocycles. The fraction of sp³-hybridized carbons (Fsp3) is 0.300. The quantitative estimate of drug-likeness (QED) is 0.797. The number of fused-ring (bicyclic) bond motifs is 2. The Bertz CT molecular complexity index is 916. The van der Waals surface area contributed by atoms with E-state index in [2.05, 4.69) is 16.5 Å². The molecule has 0 saturated carbocycles. The molecule has 1 aromatic heterocycles. The van der Waals surface area contributed by atoms with Crippen LogP contribution in [0.3, 0.4) is 0 Å². The zero-order valence-electron chi connectivity index (χ0n) is 14.2. The molecule has 0 radical (unpaired) electrons. The molecule has 1 amide bonds. The molecule has 0 saturated heterocycles. The smallest absolute Gasteiger partial charge is 0.258 e. The van der Waals surface area contributed by atoms with Crippen molar-refractivity contribution in [2.24, 2.45) is 7.05 Å². The molecule has 5 nitrogen and oxygen atoms in total. The molecule has 0 fully saturated rings. The fourth-order valence-electron chi connectivity index (χ4n) is 3.50. The van der Waals surface area contributed by atoms with E-state index in [1.165, 1.54) is 5.69 Å². The molecule has 25 heavy (non-hydrogen) atoms. The summed E-state index contributed by atoms with van der Waals surface area (Å²) in [6, 6.07) is 14.0. The van der Waals surface area contributed by atoms with E-state index in [0.717, 1.165) is 35.6 Å². The first kappa shape index (κ1) is 15.7. The van der Waals surface area contributed by atoms with E-state index < -0.39 is 0 Å². The van der Waals surface area contributed by atoms with E-state index in [4.69, 9.17) is 4.74 Å². The molecule has 3 aromatic rings. The highest BCUT2D eigenvalue weighted by Crippen LogP contribution is 2.29. The predicted octanol–water partition coefficient (Wildman–Crippen LogP) is 3.15. The Kier molecular flexibility index (Phi) is 4.14. The number of carbonyl (C=O) groups is 1. The third-order valence-electron chi connectivity index (χ3n) is 4.80. The van der Waals surface area contributed by atoms with Gasteiger partial charge in [0.1, 0.15) is 5.75 Å². The van der Waals surface area contributed by atoms with Crippen molar-refractivity contribution >= 4 is 16.7 Å². The molecule has 0 spiro atoms. The Balaban J connectivity index is 1.39. The van der Waals surface area contributed by atoms with Gasteiger partial charge in [0.15, 0.2) is 6.61 Å². The molecule has 5 heteroatoms. The summed E-state index contributed by atoms with van der Waals surface area (Å²) < 4.78 is 7.58. The van der Waals surface area contributed by atoms with E-state index in [-0.39, 0.29) is 18.6 Å². The summed E-state index contributed by atoms with van der Waals surface area (Å²) in [5.74, 6) is 0.606. The van der Waals surface area contributed by atoms with Crippen molar-refractivity contribution in [2.75, 3.05) is 6.61 Å². The summed E-state index contributed by atoms with van der Waals surface area (Å²) in [5.41, 5.74) is 2.35. The van der Waals surface area contributed by atoms with Crippen LogP contribution in [0, 0.1) is 0 Å². The third kappa shape index (κ3) is 3.22. The van der Waals surface area contributed by atoms with Crippen LogP contribution in [-0.2, 0) is 18.3 Å². The van der Waals surface area contributed by atoms with Gasteiger partial charge in [-0.15, -0.1) is 0 Å². The highest BCUT2D eigenvalue weighted by Gasteiger charge is 2.24. The van der Waals surface area contributed by atoms with Crippen molar-refractivity contribution in [3.05, 3.63) is 59.9 Å². The van der Waals surface area contributed by atoms with E-state index in [0.29, 0.717) is 5.75 Å². The second kappa shape index (κ2) is 6.59. The summed E-state index contributed by atoms with van der Waals surface area (Å²) in [4.78, 5) is 12.3. The first-order valence-corrected chi connectivity index (χ1v) is 8.62. The lowest BCUT2D eigenvalue weighted by atomic mass is 9.93. The number of hydrogen-bond donors (Lipinski definition) is 1. The van der Waals surface area contributed by atoms with Crippen LogP contribution < -0.4 is 10.1 Å². The SMILES string of the molecule is Cn1ncc2c1CCCC2NC(=O)COc1ccc2ccccc2c1. The maximum absolute atomic E-state index is 12.3. The molecule has 0 aliphatic heterocycles. The lowest BCUT2D eigenvalue weighted by Crippen LogP contribution is -2.34. The first-order valence-electron chi connectivity index (χ1n) is 8.62. The lowest BCUT2D eigenvalue weighted by Gasteiger charge is -2.23. The molecule has 1 unspecified atom stereocenters. The predicted molar refractivity (Wildman–Crippen MR) is 96.5 cm³/mol. The van der Waals surface area contributed by atoms with Crippen molar-refractivity contribution in [3.8, 4) is 5.75 Å². The maximum atomic E-state index is 12.3. The molecule has 1 heterocycles. The summed E-state index contributed by atoms with van der Waals surface area (Å²) in [5, 5.41) is 9.65. The van der Waals surface area contributed by atoms with E-state index in [9.17, 15) is 4.79 Å². The molecule has 1 N–H and O–H groups in total. The maximum Gasteiger partial charge on any atom is 0.258 e. The lowest BCUT2D eigenvalue weighted by molar-refractivity contribution is -0.123. The highest BCUT2D eigenvalue weighted by atomic mass is 16.5. The molecule has 1 aliphatic carbocycles. The number of nitrogens with one attached hydrogen (secondary N) is 1. The summed E-state index contributed by atoms with van der Waals surface area (Å²) in [6.07, 6.45) is 4.89. The minimum absolute atomic E-state index is 0.0183. The Morgan fingerprint density at radius 3 is 3.00 bits per heavy atom. The van der Waals surface area contributed by atoms with E-state index in [1.807, 2.05) is 54.3 Å². The average Bonchev–Trinajstić information content (AvgIpc) is 3.02. The van der Waals surface area contributed by atoms with Gasteiger partial charge in [0.25, 0.3) is 5.91 Å². The van der Waals surface area contributed by atoms with E-state index >= 15 is 0 Å². The number of carbonyl (C=O) groups excluding carboxylic acids is 1. The van der Waals surface area contributed by atoms with Crippen LogP contribution in [0.5, 0.6) is 5.75 Å². The van der Waals surface area contributed by atoms with Gasteiger partial charge >= 0.3 is 0 Å². The van der Waals surface area contributed by atoms with Gasteiger partial charge in [-0.1, -0.05) is 30.3 Å². The second-order valence-corrected chi connectivity index (χ2v) is 6.48. The van der Waals surface area contributed by atoms with Crippen molar-refractivity contribution in [2.45, 2.75) is 25.3 Å². The van der Waals surface area contributed by atoms with Crippen LogP contribution in [0.4, 0.5) is 0 Å². The number of aromatic nitrogens is 2. The largest absolute Gasteiger partial charge is 0.484 e. The number of ether oxygens (including phenoxy) is 1. The molecular weight excluding hydrogens is 314 g/mol. The van der Waals surface area contributed by atoms with Gasteiger partial charge in [0.05, 0.1) is 12.2 Å². The van der Waals surface area contributed by atoms with Crippen LogP contribution in [0.1, 0.15) is 30.1 Å². The Labute approximate surface area is 146 Å². The zero-order chi connectivity index (χ0) is 17.2. The van der Waals surface area contributed by atoms with Crippen LogP contribution in [0.2, 0.25) is 0 Å². The highest BCUT2D eigenvalue weighted by molar-refractivity contribution is 5.84. The molecule has 4 rings (SSSR count). The van der Waals surface area contributed by atoms with Crippen molar-refractivity contribution < 1.29 is 9.53 Å². The van der Waals surface area contributed by atoms with Gasteiger partial charge in [0, 0.05) is 18.3 Å². The van der Waals surface area contributed by atoms with Crippen molar-refractivity contribution in [3.63, 3.8) is 0 Å². The molecule has 1 atom stereocenters. The number of rotatable bonds is 4. The van der Waals surface area contributed by atoms with Gasteiger partial charge in [-0.05, 0) is 42.2 Å². The average molecular weight is 335 g/mol. The van der Waals surface area contributed by atoms with Gasteiger partial charge < -0.3 is 10.1 Å². The van der Waals surface area contributed by atoms with Crippen molar-refractivity contribution in [1.82, 2.24) is 15.1 Å². The minimum atomic E-state index is -0.102. The summed E-state index contributed by atoms with van der Waals surface area (Å²) >= 11 is 0. The van der Waals surface area contributed by atoms with Crippen molar-refractivity contribution in [1.29, 1.82) is 0 Å².